The molecule has 0 nitrogen and oxygen atoms in total. The van der Waals surface area contributed by atoms with E-state index in [9.17, 15) is 0 Å². The van der Waals surface area contributed by atoms with Crippen LogP contribution in [0, 0.1) is 5.41 Å². The molecule has 0 unspecified atom stereocenters. The van der Waals surface area contributed by atoms with Gasteiger partial charge in [0.1, 0.15) is 0 Å². The Balaban J connectivity index is 1.85. The average molecular weight is 537 g/mol. The predicted molar refractivity (Wildman–Crippen MR) is 180 cm³/mol. The molecular formula is C38H48S. The molecule has 0 aromatic heterocycles. The summed E-state index contributed by atoms with van der Waals surface area (Å²) in [5.74, 6) is 0.773. The summed E-state index contributed by atoms with van der Waals surface area (Å²) in [6.07, 6.45) is 34.0. The van der Waals surface area contributed by atoms with Gasteiger partial charge in [-0.05, 0) is 76.0 Å². The number of hydrogen-bond acceptors (Lipinski definition) is 1. The van der Waals surface area contributed by atoms with Crippen LogP contribution in [0.15, 0.2) is 137 Å². The molecule has 206 valence electrons. The fourth-order valence-electron chi connectivity index (χ4n) is 4.53. The minimum Gasteiger partial charge on any atom is -0.175 e. The monoisotopic (exact) mass is 536 g/mol. The van der Waals surface area contributed by atoms with Gasteiger partial charge in [-0.3, -0.25) is 0 Å². The molecule has 0 atom stereocenters. The Bertz CT molecular complexity index is 1240. The number of allylic oxidation sites excluding steroid dienone is 19. The van der Waals surface area contributed by atoms with Crippen molar-refractivity contribution in [3.8, 4) is 0 Å². The molecule has 1 aliphatic carbocycles. The Morgan fingerprint density at radius 3 is 1.72 bits per heavy atom. The summed E-state index contributed by atoms with van der Waals surface area (Å²) in [6.45, 7) is 15.6. The molecule has 1 aliphatic rings. The number of rotatable bonds is 11. The number of thiol groups is 1. The van der Waals surface area contributed by atoms with Crippen LogP contribution >= 0.6 is 12.6 Å². The topological polar surface area (TPSA) is 0 Å². The third-order valence-corrected chi connectivity index (χ3v) is 7.39. The van der Waals surface area contributed by atoms with Gasteiger partial charge in [0.05, 0.1) is 0 Å². The summed E-state index contributed by atoms with van der Waals surface area (Å²) < 4.78 is 0. The fraction of sp³-hybridized carbons (Fsp3) is 0.316. The lowest BCUT2D eigenvalue weighted by Crippen LogP contribution is -2.19. The highest BCUT2D eigenvalue weighted by atomic mass is 32.1. The predicted octanol–water partition coefficient (Wildman–Crippen LogP) is 11.7. The first-order valence-electron chi connectivity index (χ1n) is 14.1. The van der Waals surface area contributed by atoms with Crippen molar-refractivity contribution in [1.82, 2.24) is 0 Å². The molecule has 39 heavy (non-hydrogen) atoms. The summed E-state index contributed by atoms with van der Waals surface area (Å²) >= 11 is 4.31. The van der Waals surface area contributed by atoms with Crippen LogP contribution in [0.5, 0.6) is 0 Å². The van der Waals surface area contributed by atoms with Crippen LogP contribution in [-0.2, 0) is 5.75 Å². The molecule has 1 heteroatoms. The van der Waals surface area contributed by atoms with E-state index in [4.69, 9.17) is 0 Å². The molecule has 0 saturated carbocycles. The van der Waals surface area contributed by atoms with E-state index in [2.05, 4.69) is 170 Å². The van der Waals surface area contributed by atoms with Crippen molar-refractivity contribution in [2.45, 2.75) is 73.5 Å². The van der Waals surface area contributed by atoms with Gasteiger partial charge in [0.2, 0.25) is 0 Å². The lowest BCUT2D eigenvalue weighted by Gasteiger charge is -2.32. The first-order valence-corrected chi connectivity index (χ1v) is 14.7. The van der Waals surface area contributed by atoms with E-state index >= 15 is 0 Å². The van der Waals surface area contributed by atoms with E-state index in [0.29, 0.717) is 0 Å². The Kier molecular flexibility index (Phi) is 13.9. The van der Waals surface area contributed by atoms with Crippen molar-refractivity contribution in [3.63, 3.8) is 0 Å². The quantitative estimate of drug-likeness (QED) is 0.211. The van der Waals surface area contributed by atoms with Gasteiger partial charge >= 0.3 is 0 Å². The van der Waals surface area contributed by atoms with E-state index < -0.39 is 0 Å². The zero-order valence-electron chi connectivity index (χ0n) is 25.2. The minimum absolute atomic E-state index is 0.288. The lowest BCUT2D eigenvalue weighted by atomic mass is 9.72. The molecular weight excluding hydrogens is 488 g/mol. The van der Waals surface area contributed by atoms with E-state index in [-0.39, 0.29) is 5.41 Å². The van der Waals surface area contributed by atoms with Crippen LogP contribution in [0.3, 0.4) is 0 Å². The van der Waals surface area contributed by atoms with E-state index in [1.165, 1.54) is 58.3 Å². The maximum absolute atomic E-state index is 4.31. The maximum atomic E-state index is 4.31. The van der Waals surface area contributed by atoms with Crippen molar-refractivity contribution in [2.75, 3.05) is 0 Å². The highest BCUT2D eigenvalue weighted by Gasteiger charge is 2.26. The van der Waals surface area contributed by atoms with Crippen LogP contribution in [-0.4, -0.2) is 0 Å². The molecule has 0 fully saturated rings. The highest BCUT2D eigenvalue weighted by molar-refractivity contribution is 7.79. The van der Waals surface area contributed by atoms with E-state index in [1.54, 1.807) is 5.57 Å². The standard InChI is InChI=1S/C38H48S/c1-30(15-10-17-32(3)20-22-35-23-25-36(29-39)26-24-35)13-8-9-14-31(2)16-11-18-33(4)21-27-37-34(5)19-12-28-38(37,6)7/h8-11,13-18,20-27,39H,12,19,28-29H2,1-7H3/b9-8+,15-10+,16-11+,22-20+,27-21+,30-13+,31-14+,32-17+,33-18+. The van der Waals surface area contributed by atoms with E-state index in [1.807, 2.05) is 0 Å². The third-order valence-electron chi connectivity index (χ3n) is 7.02. The summed E-state index contributed by atoms with van der Waals surface area (Å²) in [7, 11) is 0. The normalized spacial score (nSPS) is 18.3. The van der Waals surface area contributed by atoms with Crippen molar-refractivity contribution < 1.29 is 0 Å². The summed E-state index contributed by atoms with van der Waals surface area (Å²) in [6, 6.07) is 8.50. The number of benzene rings is 1. The van der Waals surface area contributed by atoms with Crippen LogP contribution in [0.25, 0.3) is 6.08 Å². The van der Waals surface area contributed by atoms with Crippen LogP contribution in [0.1, 0.15) is 78.9 Å². The molecule has 1 aromatic rings. The first-order chi connectivity index (χ1) is 18.6. The molecule has 1 aromatic carbocycles. The summed E-state index contributed by atoms with van der Waals surface area (Å²) in [4.78, 5) is 0. The summed E-state index contributed by atoms with van der Waals surface area (Å²) in [5, 5.41) is 0. The SMILES string of the molecule is CC1=C(/C=C/C(C)=C/C=C/C(C)=C/C=C/C=C(C)/C=C/C=C(C)/C=C/c2ccc(CS)cc2)C(C)(C)CCC1. The molecule has 0 heterocycles. The Hall–Kier alpha value is -3.03. The Labute approximate surface area is 244 Å². The van der Waals surface area contributed by atoms with Gasteiger partial charge in [0.25, 0.3) is 0 Å². The van der Waals surface area contributed by atoms with Gasteiger partial charge < -0.3 is 0 Å². The van der Waals surface area contributed by atoms with Crippen LogP contribution in [0.4, 0.5) is 0 Å². The Morgan fingerprint density at radius 1 is 0.718 bits per heavy atom. The fourth-order valence-corrected chi connectivity index (χ4v) is 4.74. The largest absolute Gasteiger partial charge is 0.175 e. The van der Waals surface area contributed by atoms with Crippen molar-refractivity contribution in [2.24, 2.45) is 5.41 Å². The molecule has 0 aliphatic heterocycles. The second-order valence-electron chi connectivity index (χ2n) is 11.2. The second-order valence-corrected chi connectivity index (χ2v) is 11.6. The van der Waals surface area contributed by atoms with Gasteiger partial charge in [0, 0.05) is 5.75 Å². The smallest absolute Gasteiger partial charge is 0.0154 e. The molecule has 0 saturated heterocycles. The molecule has 2 rings (SSSR count). The van der Waals surface area contributed by atoms with Gasteiger partial charge in [0.15, 0.2) is 0 Å². The Morgan fingerprint density at radius 2 is 1.21 bits per heavy atom. The molecule has 0 bridgehead atoms. The number of hydrogen-bond donors (Lipinski definition) is 1. The van der Waals surface area contributed by atoms with Crippen LogP contribution in [0.2, 0.25) is 0 Å². The average Bonchev–Trinajstić information content (AvgIpc) is 2.89. The van der Waals surface area contributed by atoms with E-state index in [0.717, 1.165) is 5.75 Å². The maximum Gasteiger partial charge on any atom is 0.0154 e. The van der Waals surface area contributed by atoms with Gasteiger partial charge in [-0.15, -0.1) is 0 Å². The zero-order valence-corrected chi connectivity index (χ0v) is 26.1. The van der Waals surface area contributed by atoms with Crippen molar-refractivity contribution in [3.05, 3.63) is 148 Å². The van der Waals surface area contributed by atoms with Crippen LogP contribution < -0.4 is 0 Å². The lowest BCUT2D eigenvalue weighted by molar-refractivity contribution is 0.377. The second kappa shape index (κ2) is 16.8. The minimum atomic E-state index is 0.288. The molecule has 0 radical (unpaired) electrons. The van der Waals surface area contributed by atoms with Gasteiger partial charge in [-0.1, -0.05) is 151 Å². The first kappa shape index (κ1) is 32.2. The van der Waals surface area contributed by atoms with Crippen molar-refractivity contribution in [1.29, 1.82) is 0 Å². The van der Waals surface area contributed by atoms with Crippen molar-refractivity contribution >= 4 is 18.7 Å². The summed E-state index contributed by atoms with van der Waals surface area (Å²) in [5.41, 5.74) is 10.7. The third kappa shape index (κ3) is 12.6. The van der Waals surface area contributed by atoms with Gasteiger partial charge in [-0.2, -0.15) is 12.6 Å². The highest BCUT2D eigenvalue weighted by Crippen LogP contribution is 2.40. The molecule has 0 amide bonds. The molecule has 0 spiro atoms. The molecule has 0 N–H and O–H groups in total. The van der Waals surface area contributed by atoms with Gasteiger partial charge in [-0.25, -0.2) is 0 Å². The zero-order chi connectivity index (χ0) is 28.7.